The van der Waals surface area contributed by atoms with E-state index in [2.05, 4.69) is 54.1 Å². The van der Waals surface area contributed by atoms with Crippen LogP contribution in [0.5, 0.6) is 0 Å². The van der Waals surface area contributed by atoms with Crippen molar-refractivity contribution < 1.29 is 4.79 Å². The number of hydrogen-bond acceptors (Lipinski definition) is 6. The number of aromatic nitrogens is 4. The molecule has 0 saturated carbocycles. The minimum Gasteiger partial charge on any atom is -0.354 e. The van der Waals surface area contributed by atoms with E-state index in [0.717, 1.165) is 18.7 Å². The Kier molecular flexibility index (Phi) is 6.50. The van der Waals surface area contributed by atoms with E-state index >= 15 is 0 Å². The van der Waals surface area contributed by atoms with Crippen LogP contribution in [0.25, 0.3) is 0 Å². The Balaban J connectivity index is 2.29. The lowest BCUT2D eigenvalue weighted by Crippen LogP contribution is -2.28. The summed E-state index contributed by atoms with van der Waals surface area (Å²) in [6.45, 7) is 9.50. The van der Waals surface area contributed by atoms with Gasteiger partial charge in [-0.2, -0.15) is 10.4 Å². The molecule has 0 aliphatic heterocycles. The summed E-state index contributed by atoms with van der Waals surface area (Å²) in [5, 5.41) is 16.3. The summed E-state index contributed by atoms with van der Waals surface area (Å²) in [6, 6.07) is 3.96. The van der Waals surface area contributed by atoms with Gasteiger partial charge < -0.3 is 10.2 Å². The van der Waals surface area contributed by atoms with Crippen LogP contribution in [0.3, 0.4) is 0 Å². The predicted molar refractivity (Wildman–Crippen MR) is 105 cm³/mol. The maximum absolute atomic E-state index is 12.8. The summed E-state index contributed by atoms with van der Waals surface area (Å²) >= 11 is 0. The highest BCUT2D eigenvalue weighted by molar-refractivity contribution is 6.04. The fraction of sp³-hybridized carbons (Fsp3) is 0.526. The molecule has 0 radical (unpaired) electrons. The zero-order valence-corrected chi connectivity index (χ0v) is 16.7. The third-order valence-corrected chi connectivity index (χ3v) is 4.11. The predicted octanol–water partition coefficient (Wildman–Crippen LogP) is 2.89. The maximum Gasteiger partial charge on any atom is 0.274 e. The van der Waals surface area contributed by atoms with Crippen molar-refractivity contribution in [2.75, 3.05) is 23.3 Å². The van der Waals surface area contributed by atoms with E-state index in [1.54, 1.807) is 24.0 Å². The minimum absolute atomic E-state index is 0.146. The van der Waals surface area contributed by atoms with Gasteiger partial charge in [0.15, 0.2) is 5.82 Å². The van der Waals surface area contributed by atoms with Crippen molar-refractivity contribution in [1.29, 1.82) is 5.26 Å². The lowest BCUT2D eigenvalue weighted by molar-refractivity contribution is 0.101. The minimum atomic E-state index is -0.270. The third-order valence-electron chi connectivity index (χ3n) is 4.11. The highest BCUT2D eigenvalue weighted by Crippen LogP contribution is 2.25. The number of hydrogen-bond donors (Lipinski definition) is 1. The first kappa shape index (κ1) is 20.4. The summed E-state index contributed by atoms with van der Waals surface area (Å²) in [4.78, 5) is 23.2. The second-order valence-corrected chi connectivity index (χ2v) is 7.40. The average molecular weight is 369 g/mol. The molecule has 0 aliphatic carbocycles. The molecule has 0 saturated heterocycles. The fourth-order valence-electron chi connectivity index (χ4n) is 2.67. The average Bonchev–Trinajstić information content (AvgIpc) is 3.01. The zero-order chi connectivity index (χ0) is 20.0. The van der Waals surface area contributed by atoms with Gasteiger partial charge >= 0.3 is 0 Å². The topological polar surface area (TPSA) is 99.7 Å². The van der Waals surface area contributed by atoms with Gasteiger partial charge in [-0.05, 0) is 12.5 Å². The largest absolute Gasteiger partial charge is 0.354 e. The first-order chi connectivity index (χ1) is 12.8. The van der Waals surface area contributed by atoms with Crippen molar-refractivity contribution in [3.8, 4) is 6.07 Å². The van der Waals surface area contributed by atoms with Gasteiger partial charge in [0.1, 0.15) is 17.7 Å². The van der Waals surface area contributed by atoms with E-state index in [-0.39, 0.29) is 11.3 Å². The molecule has 1 N–H and O–H groups in total. The first-order valence-corrected chi connectivity index (χ1v) is 9.05. The van der Waals surface area contributed by atoms with Gasteiger partial charge in [0.2, 0.25) is 0 Å². The number of nitrogens with zero attached hydrogens (tertiary/aromatic N) is 6. The van der Waals surface area contributed by atoms with Gasteiger partial charge in [0.25, 0.3) is 5.91 Å². The molecule has 27 heavy (non-hydrogen) atoms. The number of nitrogens with one attached hydrogen (secondary N) is 1. The normalized spacial score (nSPS) is 11.1. The number of amides is 1. The zero-order valence-electron chi connectivity index (χ0n) is 16.7. The van der Waals surface area contributed by atoms with Crippen molar-refractivity contribution in [2.24, 2.45) is 7.05 Å². The second kappa shape index (κ2) is 8.62. The van der Waals surface area contributed by atoms with Crippen LogP contribution in [0.4, 0.5) is 11.5 Å². The van der Waals surface area contributed by atoms with Crippen molar-refractivity contribution in [2.45, 2.75) is 46.0 Å². The molecule has 0 aromatic carbocycles. The maximum atomic E-state index is 12.8. The molecule has 0 aliphatic rings. The fourth-order valence-corrected chi connectivity index (χ4v) is 2.67. The number of aryl methyl sites for hydroxylation is 1. The van der Waals surface area contributed by atoms with Crippen LogP contribution in [0, 0.1) is 11.3 Å². The van der Waals surface area contributed by atoms with Gasteiger partial charge in [0.05, 0.1) is 24.4 Å². The molecule has 0 atom stereocenters. The molecule has 8 heteroatoms. The Bertz CT molecular complexity index is 829. The smallest absolute Gasteiger partial charge is 0.274 e. The summed E-state index contributed by atoms with van der Waals surface area (Å²) in [7, 11) is 1.75. The lowest BCUT2D eigenvalue weighted by Gasteiger charge is -2.24. The molecule has 2 aromatic rings. The molecule has 0 bridgehead atoms. The van der Waals surface area contributed by atoms with Crippen LogP contribution in [-0.2, 0) is 12.5 Å². The number of nitriles is 1. The van der Waals surface area contributed by atoms with Crippen LogP contribution in [0.1, 0.15) is 56.7 Å². The third kappa shape index (κ3) is 5.03. The molecule has 2 rings (SSSR count). The van der Waals surface area contributed by atoms with Crippen LogP contribution in [0.15, 0.2) is 18.6 Å². The van der Waals surface area contributed by atoms with E-state index in [9.17, 15) is 4.79 Å². The van der Waals surface area contributed by atoms with Gasteiger partial charge in [-0.25, -0.2) is 9.97 Å². The van der Waals surface area contributed by atoms with Crippen molar-refractivity contribution in [3.63, 3.8) is 0 Å². The SMILES string of the molecule is CCCN(CCC#N)c1ncncc1NC(=O)c1cc(C(C)(C)C)nn1C. The molecule has 0 unspecified atom stereocenters. The molecule has 2 heterocycles. The van der Waals surface area contributed by atoms with E-state index in [4.69, 9.17) is 5.26 Å². The molecular weight excluding hydrogens is 342 g/mol. The Morgan fingerprint density at radius 3 is 2.70 bits per heavy atom. The number of anilines is 2. The standard InChI is InChI=1S/C19H27N7O/c1-6-9-26(10-7-8-20)17-14(12-21-13-22-17)23-18(27)15-11-16(19(2,3)4)24-25(15)5/h11-13H,6-7,9-10H2,1-5H3,(H,23,27). The van der Waals surface area contributed by atoms with E-state index in [1.165, 1.54) is 6.33 Å². The van der Waals surface area contributed by atoms with Crippen molar-refractivity contribution in [3.05, 3.63) is 30.0 Å². The molecule has 1 amide bonds. The molecule has 0 fully saturated rings. The number of carbonyl (C=O) groups is 1. The van der Waals surface area contributed by atoms with Crippen LogP contribution < -0.4 is 10.2 Å². The molecular formula is C19H27N7O. The van der Waals surface area contributed by atoms with Crippen LogP contribution in [-0.4, -0.2) is 38.7 Å². The van der Waals surface area contributed by atoms with E-state index < -0.39 is 0 Å². The number of carbonyl (C=O) groups excluding carboxylic acids is 1. The number of rotatable bonds is 7. The Labute approximate surface area is 160 Å². The molecule has 0 spiro atoms. The Morgan fingerprint density at radius 1 is 1.37 bits per heavy atom. The second-order valence-electron chi connectivity index (χ2n) is 7.40. The summed E-state index contributed by atoms with van der Waals surface area (Å²) < 4.78 is 1.58. The summed E-state index contributed by atoms with van der Waals surface area (Å²) in [6.07, 6.45) is 4.31. The van der Waals surface area contributed by atoms with E-state index in [0.29, 0.717) is 30.2 Å². The van der Waals surface area contributed by atoms with Crippen LogP contribution >= 0.6 is 0 Å². The quantitative estimate of drug-likeness (QED) is 0.805. The molecule has 8 nitrogen and oxygen atoms in total. The summed E-state index contributed by atoms with van der Waals surface area (Å²) in [5.41, 5.74) is 1.69. The highest BCUT2D eigenvalue weighted by Gasteiger charge is 2.23. The highest BCUT2D eigenvalue weighted by atomic mass is 16.2. The lowest BCUT2D eigenvalue weighted by atomic mass is 9.92. The Morgan fingerprint density at radius 2 is 2.11 bits per heavy atom. The van der Waals surface area contributed by atoms with Gasteiger partial charge in [-0.15, -0.1) is 0 Å². The first-order valence-electron chi connectivity index (χ1n) is 9.05. The Hall–Kier alpha value is -2.95. The van der Waals surface area contributed by atoms with Crippen molar-refractivity contribution in [1.82, 2.24) is 19.7 Å². The van der Waals surface area contributed by atoms with E-state index in [1.807, 2.05) is 4.90 Å². The van der Waals surface area contributed by atoms with Gasteiger partial charge in [0, 0.05) is 25.6 Å². The van der Waals surface area contributed by atoms with Gasteiger partial charge in [-0.3, -0.25) is 9.48 Å². The van der Waals surface area contributed by atoms with Crippen LogP contribution in [0.2, 0.25) is 0 Å². The van der Waals surface area contributed by atoms with Crippen molar-refractivity contribution >= 4 is 17.4 Å². The summed E-state index contributed by atoms with van der Waals surface area (Å²) in [5.74, 6) is 0.349. The van der Waals surface area contributed by atoms with Gasteiger partial charge in [-0.1, -0.05) is 27.7 Å². The molecule has 2 aromatic heterocycles. The molecule has 144 valence electrons. The monoisotopic (exact) mass is 369 g/mol.